The van der Waals surface area contributed by atoms with Crippen LogP contribution in [0.1, 0.15) is 29.5 Å². The van der Waals surface area contributed by atoms with Gasteiger partial charge in [0, 0.05) is 43.9 Å². The molecule has 2 aliphatic heterocycles. The largest absolute Gasteiger partial charge is 0.335 e. The van der Waals surface area contributed by atoms with Crippen LogP contribution < -0.4 is 5.32 Å². The van der Waals surface area contributed by atoms with Crippen molar-refractivity contribution in [1.82, 2.24) is 9.88 Å². The number of nitro groups is 1. The maximum Gasteiger partial charge on any atom is 0.270 e. The number of rotatable bonds is 4. The number of hydrogen-bond donors (Lipinski definition) is 1. The summed E-state index contributed by atoms with van der Waals surface area (Å²) < 4.78 is 0. The third-order valence-corrected chi connectivity index (χ3v) is 5.23. The van der Waals surface area contributed by atoms with Crippen LogP contribution in [-0.2, 0) is 16.0 Å². The van der Waals surface area contributed by atoms with Crippen LogP contribution in [0.4, 0.5) is 11.5 Å². The van der Waals surface area contributed by atoms with Gasteiger partial charge in [0.15, 0.2) is 0 Å². The van der Waals surface area contributed by atoms with Crippen LogP contribution >= 0.6 is 0 Å². The van der Waals surface area contributed by atoms with E-state index in [1.807, 2.05) is 18.2 Å². The number of nitrogens with zero attached hydrogens (tertiary/aromatic N) is 3. The first-order chi connectivity index (χ1) is 14.5. The predicted octanol–water partition coefficient (Wildman–Crippen LogP) is 3.20. The average Bonchev–Trinajstić information content (AvgIpc) is 2.77. The van der Waals surface area contributed by atoms with E-state index < -0.39 is 4.92 Å². The standard InChI is InChI=1S/C22H20N4O4/c27-20-6-5-18-12-15(14-23-22(18)24-20)4-7-21(28)25-10-8-16(9-11-25)17-2-1-3-19(13-17)26(29)30/h1-4,7-8,12-14H,5-6,9-11H2,(H,23,24,27). The molecule has 0 aliphatic carbocycles. The second kappa shape index (κ2) is 8.28. The Hall–Kier alpha value is -3.81. The van der Waals surface area contributed by atoms with Crippen LogP contribution in [0, 0.1) is 10.1 Å². The minimum atomic E-state index is -0.406. The van der Waals surface area contributed by atoms with Crippen molar-refractivity contribution in [2.45, 2.75) is 19.3 Å². The molecule has 2 aromatic rings. The van der Waals surface area contributed by atoms with Crippen molar-refractivity contribution < 1.29 is 14.5 Å². The molecule has 0 atom stereocenters. The molecule has 0 saturated heterocycles. The van der Waals surface area contributed by atoms with Gasteiger partial charge in [0.25, 0.3) is 5.69 Å². The number of carbonyl (C=O) groups is 2. The summed E-state index contributed by atoms with van der Waals surface area (Å²) >= 11 is 0. The molecule has 8 heteroatoms. The van der Waals surface area contributed by atoms with Crippen molar-refractivity contribution in [3.8, 4) is 0 Å². The Balaban J connectivity index is 1.40. The molecule has 1 aromatic heterocycles. The minimum absolute atomic E-state index is 0.0314. The van der Waals surface area contributed by atoms with Crippen LogP contribution in [0.25, 0.3) is 11.6 Å². The van der Waals surface area contributed by atoms with E-state index in [1.165, 1.54) is 12.1 Å². The zero-order valence-corrected chi connectivity index (χ0v) is 16.2. The zero-order chi connectivity index (χ0) is 21.1. The molecule has 0 bridgehead atoms. The maximum absolute atomic E-state index is 12.5. The number of fused-ring (bicyclic) bond motifs is 1. The van der Waals surface area contributed by atoms with Crippen LogP contribution in [-0.4, -0.2) is 39.7 Å². The van der Waals surface area contributed by atoms with Crippen molar-refractivity contribution in [1.29, 1.82) is 0 Å². The highest BCUT2D eigenvalue weighted by Gasteiger charge is 2.18. The molecule has 0 fully saturated rings. The number of hydrogen-bond acceptors (Lipinski definition) is 5. The molecule has 30 heavy (non-hydrogen) atoms. The van der Waals surface area contributed by atoms with Crippen molar-refractivity contribution >= 4 is 35.0 Å². The Bertz CT molecular complexity index is 1090. The Kier molecular flexibility index (Phi) is 5.38. The summed E-state index contributed by atoms with van der Waals surface area (Å²) in [6, 6.07) is 8.49. The molecule has 0 saturated carbocycles. The van der Waals surface area contributed by atoms with Gasteiger partial charge in [-0.25, -0.2) is 4.98 Å². The summed E-state index contributed by atoms with van der Waals surface area (Å²) in [5.41, 5.74) is 3.66. The number of pyridine rings is 1. The number of nitro benzene ring substituents is 1. The van der Waals surface area contributed by atoms with E-state index in [2.05, 4.69) is 10.3 Å². The van der Waals surface area contributed by atoms with Gasteiger partial charge >= 0.3 is 0 Å². The van der Waals surface area contributed by atoms with Gasteiger partial charge in [-0.15, -0.1) is 0 Å². The molecular formula is C22H20N4O4. The predicted molar refractivity (Wildman–Crippen MR) is 112 cm³/mol. The first kappa shape index (κ1) is 19.5. The maximum atomic E-state index is 12.5. The van der Waals surface area contributed by atoms with Crippen molar-refractivity contribution in [3.63, 3.8) is 0 Å². The lowest BCUT2D eigenvalue weighted by molar-refractivity contribution is -0.384. The quantitative estimate of drug-likeness (QED) is 0.479. The van der Waals surface area contributed by atoms with Gasteiger partial charge in [-0.1, -0.05) is 18.2 Å². The molecule has 2 aliphatic rings. The van der Waals surface area contributed by atoms with E-state index in [4.69, 9.17) is 0 Å². The Morgan fingerprint density at radius 3 is 2.87 bits per heavy atom. The number of carbonyl (C=O) groups excluding carboxylic acids is 2. The van der Waals surface area contributed by atoms with Gasteiger partial charge in [-0.2, -0.15) is 0 Å². The van der Waals surface area contributed by atoms with E-state index in [-0.39, 0.29) is 17.5 Å². The highest BCUT2D eigenvalue weighted by atomic mass is 16.6. The second-order valence-electron chi connectivity index (χ2n) is 7.23. The number of aryl methyl sites for hydroxylation is 1. The number of aromatic nitrogens is 1. The fourth-order valence-corrected chi connectivity index (χ4v) is 3.59. The molecule has 0 spiro atoms. The molecule has 0 unspecified atom stereocenters. The van der Waals surface area contributed by atoms with E-state index in [9.17, 15) is 19.7 Å². The number of amides is 2. The Morgan fingerprint density at radius 2 is 2.10 bits per heavy atom. The monoisotopic (exact) mass is 404 g/mol. The van der Waals surface area contributed by atoms with Crippen molar-refractivity contribution in [3.05, 3.63) is 75.5 Å². The lowest BCUT2D eigenvalue weighted by atomic mass is 9.99. The zero-order valence-electron chi connectivity index (χ0n) is 16.2. The van der Waals surface area contributed by atoms with Gasteiger partial charge in [-0.05, 0) is 47.2 Å². The molecule has 2 amide bonds. The second-order valence-corrected chi connectivity index (χ2v) is 7.23. The van der Waals surface area contributed by atoms with E-state index in [0.29, 0.717) is 38.2 Å². The highest BCUT2D eigenvalue weighted by molar-refractivity contribution is 5.94. The van der Waals surface area contributed by atoms with Gasteiger partial charge in [0.2, 0.25) is 11.8 Å². The Labute approximate surface area is 173 Å². The minimum Gasteiger partial charge on any atom is -0.335 e. The molecular weight excluding hydrogens is 384 g/mol. The third-order valence-electron chi connectivity index (χ3n) is 5.23. The third kappa shape index (κ3) is 4.27. The summed E-state index contributed by atoms with van der Waals surface area (Å²) in [6.45, 7) is 1.00. The topological polar surface area (TPSA) is 105 Å². The van der Waals surface area contributed by atoms with Gasteiger partial charge in [-0.3, -0.25) is 19.7 Å². The molecule has 3 heterocycles. The summed E-state index contributed by atoms with van der Waals surface area (Å²) in [5, 5.41) is 13.7. The van der Waals surface area contributed by atoms with Crippen LogP contribution in [0.3, 0.4) is 0 Å². The van der Waals surface area contributed by atoms with Crippen LogP contribution in [0.5, 0.6) is 0 Å². The Morgan fingerprint density at radius 1 is 1.23 bits per heavy atom. The number of non-ortho nitro benzene ring substituents is 1. The summed E-state index contributed by atoms with van der Waals surface area (Å²) in [5.74, 6) is 0.455. The first-order valence-electron chi connectivity index (χ1n) is 9.69. The van der Waals surface area contributed by atoms with Crippen molar-refractivity contribution in [2.24, 2.45) is 0 Å². The van der Waals surface area contributed by atoms with Crippen LogP contribution in [0.2, 0.25) is 0 Å². The fourth-order valence-electron chi connectivity index (χ4n) is 3.59. The molecule has 152 valence electrons. The van der Waals surface area contributed by atoms with Gasteiger partial charge in [0.1, 0.15) is 5.82 Å². The van der Waals surface area contributed by atoms with E-state index in [1.54, 1.807) is 29.3 Å². The average molecular weight is 404 g/mol. The number of anilines is 1. The summed E-state index contributed by atoms with van der Waals surface area (Å²) in [6.07, 6.45) is 8.54. The lowest BCUT2D eigenvalue weighted by Gasteiger charge is -2.25. The molecule has 0 radical (unpaired) electrons. The molecule has 1 aromatic carbocycles. The molecule has 8 nitrogen and oxygen atoms in total. The SMILES string of the molecule is O=C1CCc2cc(C=CC(=O)N3CC=C(c4cccc([N+](=O)[O-])c4)CC3)cnc2N1. The first-order valence-corrected chi connectivity index (χ1v) is 9.69. The molecule has 1 N–H and O–H groups in total. The fraction of sp³-hybridized carbons (Fsp3) is 0.227. The number of benzene rings is 1. The van der Waals surface area contributed by atoms with E-state index in [0.717, 1.165) is 22.3 Å². The van der Waals surface area contributed by atoms with Crippen LogP contribution in [0.15, 0.2) is 48.7 Å². The van der Waals surface area contributed by atoms with Gasteiger partial charge < -0.3 is 10.2 Å². The molecule has 4 rings (SSSR count). The summed E-state index contributed by atoms with van der Waals surface area (Å²) in [7, 11) is 0. The normalized spacial score (nSPS) is 16.1. The highest BCUT2D eigenvalue weighted by Crippen LogP contribution is 2.26. The van der Waals surface area contributed by atoms with Crippen molar-refractivity contribution in [2.75, 3.05) is 18.4 Å². The lowest BCUT2D eigenvalue weighted by Crippen LogP contribution is -2.33. The van der Waals surface area contributed by atoms with Gasteiger partial charge in [0.05, 0.1) is 4.92 Å². The summed E-state index contributed by atoms with van der Waals surface area (Å²) in [4.78, 5) is 40.5. The smallest absolute Gasteiger partial charge is 0.270 e. The van der Waals surface area contributed by atoms with E-state index >= 15 is 0 Å². The number of nitrogens with one attached hydrogen (secondary N) is 1.